The Kier molecular flexibility index (Phi) is 8.96. The van der Waals surface area contributed by atoms with Crippen LogP contribution < -0.4 is 0 Å². The fraction of sp³-hybridized carbons (Fsp3) is 0.696. The van der Waals surface area contributed by atoms with Gasteiger partial charge in [-0.15, -0.1) is 0 Å². The van der Waals surface area contributed by atoms with E-state index >= 15 is 0 Å². The lowest BCUT2D eigenvalue weighted by molar-refractivity contribution is -0.137. The predicted molar refractivity (Wildman–Crippen MR) is 106 cm³/mol. The molecule has 2 rings (SSSR count). The molecule has 0 saturated heterocycles. The van der Waals surface area contributed by atoms with Crippen LogP contribution in [0.5, 0.6) is 0 Å². The first kappa shape index (κ1) is 21.6. The second-order valence-electron chi connectivity index (χ2n) is 8.14. The maximum absolute atomic E-state index is 12.6. The second-order valence-corrected chi connectivity index (χ2v) is 8.14. The van der Waals surface area contributed by atoms with Crippen molar-refractivity contribution in [3.8, 4) is 0 Å². The summed E-state index contributed by atoms with van der Waals surface area (Å²) in [6.07, 6.45) is 17.1. The van der Waals surface area contributed by atoms with E-state index in [4.69, 9.17) is 5.11 Å². The van der Waals surface area contributed by atoms with Gasteiger partial charge in [0.05, 0.1) is 0 Å². The van der Waals surface area contributed by atoms with E-state index in [-0.39, 0.29) is 24.2 Å². The van der Waals surface area contributed by atoms with Gasteiger partial charge in [0.2, 0.25) is 0 Å². The molecule has 2 fully saturated rings. The van der Waals surface area contributed by atoms with E-state index in [1.807, 2.05) is 12.2 Å². The van der Waals surface area contributed by atoms with Crippen LogP contribution in [0.4, 0.5) is 0 Å². The standard InChI is InChI=1S/C23H34O4/c1-2-3-4-5-8-11-17-14-19(24)15-18-16-21(25)20(23(17)18)12-9-6-7-10-13-22(26)27/h6,8-9,11,17-18,20,23H,2-5,7,10,12-16H2,1H3,(H,26,27)/b9-6-,11-8+/t17-,18-,20?,23?/m1/s1. The third-order valence-corrected chi connectivity index (χ3v) is 6.01. The molecule has 0 radical (unpaired) electrons. The Hall–Kier alpha value is -1.71. The van der Waals surface area contributed by atoms with Crippen LogP contribution in [-0.4, -0.2) is 22.6 Å². The van der Waals surface area contributed by atoms with Crippen molar-refractivity contribution in [3.05, 3.63) is 24.3 Å². The van der Waals surface area contributed by atoms with Crippen molar-refractivity contribution in [2.75, 3.05) is 0 Å². The molecule has 4 heteroatoms. The molecule has 4 atom stereocenters. The van der Waals surface area contributed by atoms with Crippen molar-refractivity contribution < 1.29 is 19.5 Å². The predicted octanol–water partition coefficient (Wildman–Crippen LogP) is 5.12. The molecule has 2 unspecified atom stereocenters. The highest BCUT2D eigenvalue weighted by atomic mass is 16.4. The Bertz CT molecular complexity index is 575. The number of carboxylic acid groups (broad SMARTS) is 1. The van der Waals surface area contributed by atoms with E-state index < -0.39 is 5.97 Å². The molecule has 2 aliphatic rings. The highest BCUT2D eigenvalue weighted by Crippen LogP contribution is 2.48. The third-order valence-electron chi connectivity index (χ3n) is 6.01. The van der Waals surface area contributed by atoms with Crippen LogP contribution in [-0.2, 0) is 14.4 Å². The summed E-state index contributed by atoms with van der Waals surface area (Å²) < 4.78 is 0. The molecule has 4 nitrogen and oxygen atoms in total. The number of carbonyl (C=O) groups excluding carboxylic acids is 2. The van der Waals surface area contributed by atoms with Gasteiger partial charge in [-0.05, 0) is 49.9 Å². The number of hydrogen-bond donors (Lipinski definition) is 1. The van der Waals surface area contributed by atoms with Crippen LogP contribution in [0.25, 0.3) is 0 Å². The number of Topliss-reactive ketones (excluding diaryl/α,β-unsaturated/α-hetero) is 2. The molecule has 150 valence electrons. The highest BCUT2D eigenvalue weighted by molar-refractivity contribution is 5.88. The van der Waals surface area contributed by atoms with E-state index in [1.54, 1.807) is 0 Å². The zero-order chi connectivity index (χ0) is 19.6. The van der Waals surface area contributed by atoms with Gasteiger partial charge in [-0.25, -0.2) is 0 Å². The van der Waals surface area contributed by atoms with Gasteiger partial charge in [0.15, 0.2) is 0 Å². The highest BCUT2D eigenvalue weighted by Gasteiger charge is 2.48. The first-order valence-electron chi connectivity index (χ1n) is 10.6. The van der Waals surface area contributed by atoms with Crippen molar-refractivity contribution in [1.29, 1.82) is 0 Å². The molecule has 0 aromatic rings. The molecule has 2 aliphatic carbocycles. The lowest BCUT2D eigenvalue weighted by Gasteiger charge is -2.34. The van der Waals surface area contributed by atoms with E-state index in [1.165, 1.54) is 19.3 Å². The number of rotatable bonds is 11. The summed E-state index contributed by atoms with van der Waals surface area (Å²) in [6.45, 7) is 2.19. The average Bonchev–Trinajstić information content (AvgIpc) is 2.92. The van der Waals surface area contributed by atoms with Crippen LogP contribution in [0, 0.1) is 23.7 Å². The van der Waals surface area contributed by atoms with E-state index in [0.717, 1.165) is 19.3 Å². The number of ketones is 2. The number of aliphatic carboxylic acids is 1. The Morgan fingerprint density at radius 1 is 1.04 bits per heavy atom. The lowest BCUT2D eigenvalue weighted by atomic mass is 9.69. The quantitative estimate of drug-likeness (QED) is 0.402. The zero-order valence-electron chi connectivity index (χ0n) is 16.6. The first-order chi connectivity index (χ1) is 13.0. The molecule has 0 aliphatic heterocycles. The van der Waals surface area contributed by atoms with Crippen molar-refractivity contribution >= 4 is 17.5 Å². The summed E-state index contributed by atoms with van der Waals surface area (Å²) in [5.74, 6) is 0.573. The molecule has 0 heterocycles. The van der Waals surface area contributed by atoms with Gasteiger partial charge in [0, 0.05) is 31.6 Å². The molecule has 2 saturated carbocycles. The van der Waals surface area contributed by atoms with Crippen LogP contribution in [0.3, 0.4) is 0 Å². The number of unbranched alkanes of at least 4 members (excludes halogenated alkanes) is 4. The smallest absolute Gasteiger partial charge is 0.303 e. The molecule has 0 amide bonds. The van der Waals surface area contributed by atoms with E-state index in [9.17, 15) is 14.4 Å². The van der Waals surface area contributed by atoms with Gasteiger partial charge in [-0.2, -0.15) is 0 Å². The minimum Gasteiger partial charge on any atom is -0.481 e. The summed E-state index contributed by atoms with van der Waals surface area (Å²) in [5.41, 5.74) is 0. The fourth-order valence-corrected chi connectivity index (χ4v) is 4.72. The number of carbonyl (C=O) groups is 3. The van der Waals surface area contributed by atoms with Gasteiger partial charge >= 0.3 is 5.97 Å². The molecule has 0 aromatic heterocycles. The van der Waals surface area contributed by atoms with Crippen molar-refractivity contribution in [2.45, 2.75) is 77.6 Å². The SMILES string of the molecule is CCCCC/C=C/[C@@H]1CC(=O)C[C@@H]2CC(=O)C(C/C=C\CCCC(=O)O)C21. The summed E-state index contributed by atoms with van der Waals surface area (Å²) in [5, 5.41) is 8.67. The normalized spacial score (nSPS) is 28.3. The van der Waals surface area contributed by atoms with E-state index in [2.05, 4.69) is 19.1 Å². The lowest BCUT2D eigenvalue weighted by Crippen LogP contribution is -2.32. The topological polar surface area (TPSA) is 71.4 Å². The van der Waals surface area contributed by atoms with Crippen LogP contribution in [0.2, 0.25) is 0 Å². The minimum atomic E-state index is -0.766. The van der Waals surface area contributed by atoms with Gasteiger partial charge < -0.3 is 5.11 Å². The minimum absolute atomic E-state index is 0.0177. The summed E-state index contributed by atoms with van der Waals surface area (Å²) >= 11 is 0. The Morgan fingerprint density at radius 3 is 2.56 bits per heavy atom. The monoisotopic (exact) mass is 374 g/mol. The molecule has 0 spiro atoms. The van der Waals surface area contributed by atoms with Crippen LogP contribution >= 0.6 is 0 Å². The number of hydrogen-bond acceptors (Lipinski definition) is 3. The Balaban J connectivity index is 1.93. The fourth-order valence-electron chi connectivity index (χ4n) is 4.72. The van der Waals surface area contributed by atoms with E-state index in [0.29, 0.717) is 43.2 Å². The zero-order valence-corrected chi connectivity index (χ0v) is 16.6. The maximum Gasteiger partial charge on any atom is 0.303 e. The molecule has 1 N–H and O–H groups in total. The van der Waals surface area contributed by atoms with Gasteiger partial charge in [0.25, 0.3) is 0 Å². The number of fused-ring (bicyclic) bond motifs is 1. The molecule has 0 aromatic carbocycles. The third kappa shape index (κ3) is 6.75. The van der Waals surface area contributed by atoms with Crippen molar-refractivity contribution in [1.82, 2.24) is 0 Å². The molecular formula is C23H34O4. The Morgan fingerprint density at radius 2 is 1.81 bits per heavy atom. The van der Waals surface area contributed by atoms with Crippen molar-refractivity contribution in [2.24, 2.45) is 23.7 Å². The number of allylic oxidation sites excluding steroid dienone is 4. The Labute approximate surface area is 163 Å². The van der Waals surface area contributed by atoms with Crippen LogP contribution in [0.1, 0.15) is 77.6 Å². The summed E-state index contributed by atoms with van der Waals surface area (Å²) in [6, 6.07) is 0. The largest absolute Gasteiger partial charge is 0.481 e. The molecule has 0 bridgehead atoms. The molecule has 27 heavy (non-hydrogen) atoms. The van der Waals surface area contributed by atoms with Crippen molar-refractivity contribution in [3.63, 3.8) is 0 Å². The first-order valence-corrected chi connectivity index (χ1v) is 10.6. The average molecular weight is 375 g/mol. The van der Waals surface area contributed by atoms with Gasteiger partial charge in [-0.3, -0.25) is 14.4 Å². The van der Waals surface area contributed by atoms with Crippen LogP contribution in [0.15, 0.2) is 24.3 Å². The second kappa shape index (κ2) is 11.2. The summed E-state index contributed by atoms with van der Waals surface area (Å²) in [4.78, 5) is 35.3. The number of carboxylic acids is 1. The van der Waals surface area contributed by atoms with Gasteiger partial charge in [0.1, 0.15) is 11.6 Å². The maximum atomic E-state index is 12.6. The molecular weight excluding hydrogens is 340 g/mol. The summed E-state index contributed by atoms with van der Waals surface area (Å²) in [7, 11) is 0. The van der Waals surface area contributed by atoms with Gasteiger partial charge in [-0.1, -0.05) is 44.1 Å².